The van der Waals surface area contributed by atoms with E-state index in [2.05, 4.69) is 5.32 Å². The SMILES string of the molecule is CC(=O)Nc1ccc(N2C(=O)C(=O)C(=C(O)c3ccccc3)[C@H]2c2ccc([N+](=O)[O-])cc2)cc1. The van der Waals surface area contributed by atoms with Crippen LogP contribution in [0.3, 0.4) is 0 Å². The Hall–Kier alpha value is -4.79. The summed E-state index contributed by atoms with van der Waals surface area (Å²) >= 11 is 0. The molecule has 9 nitrogen and oxygen atoms in total. The molecule has 2 amide bonds. The second-order valence-electron chi connectivity index (χ2n) is 7.61. The molecule has 3 aromatic rings. The van der Waals surface area contributed by atoms with Gasteiger partial charge in [0.25, 0.3) is 17.4 Å². The Morgan fingerprint density at radius 1 is 0.971 bits per heavy atom. The van der Waals surface area contributed by atoms with Crippen LogP contribution in [0.4, 0.5) is 17.1 Å². The molecule has 9 heteroatoms. The van der Waals surface area contributed by atoms with E-state index < -0.39 is 22.7 Å². The van der Waals surface area contributed by atoms with Crippen LogP contribution in [0.1, 0.15) is 24.1 Å². The lowest BCUT2D eigenvalue weighted by atomic mass is 9.95. The van der Waals surface area contributed by atoms with Crippen LogP contribution in [0.2, 0.25) is 0 Å². The first-order chi connectivity index (χ1) is 16.3. The summed E-state index contributed by atoms with van der Waals surface area (Å²) in [6, 6.07) is 19.1. The van der Waals surface area contributed by atoms with Crippen molar-refractivity contribution in [3.05, 3.63) is 106 Å². The number of Topliss-reactive ketones (excluding diaryl/α,β-unsaturated/α-hetero) is 1. The molecule has 1 saturated heterocycles. The van der Waals surface area contributed by atoms with Gasteiger partial charge in [0.2, 0.25) is 5.91 Å². The minimum Gasteiger partial charge on any atom is -0.507 e. The quantitative estimate of drug-likeness (QED) is 0.194. The molecule has 4 rings (SSSR count). The summed E-state index contributed by atoms with van der Waals surface area (Å²) in [6.07, 6.45) is 0. The molecule has 0 radical (unpaired) electrons. The number of benzene rings is 3. The molecule has 1 heterocycles. The van der Waals surface area contributed by atoms with Crippen LogP contribution >= 0.6 is 0 Å². The Labute approximate surface area is 194 Å². The number of nitro groups is 1. The van der Waals surface area contributed by atoms with E-state index in [4.69, 9.17) is 0 Å². The standard InChI is InChI=1S/C25H19N3O6/c1-15(29)26-18-9-13-19(14-10-18)27-22(16-7-11-20(12-8-16)28(33)34)21(24(31)25(27)32)23(30)17-5-3-2-4-6-17/h2-14,22,30H,1H3,(H,26,29)/t22-/m1/s1. The predicted molar refractivity (Wildman–Crippen MR) is 125 cm³/mol. The molecular formula is C25H19N3O6. The monoisotopic (exact) mass is 457 g/mol. The number of carbonyl (C=O) groups is 3. The number of nitro benzene ring substituents is 1. The molecule has 34 heavy (non-hydrogen) atoms. The number of hydrogen-bond acceptors (Lipinski definition) is 6. The number of hydrogen-bond donors (Lipinski definition) is 2. The third-order valence-corrected chi connectivity index (χ3v) is 5.38. The van der Waals surface area contributed by atoms with E-state index in [-0.39, 0.29) is 22.9 Å². The molecule has 0 bridgehead atoms. The van der Waals surface area contributed by atoms with Gasteiger partial charge < -0.3 is 10.4 Å². The number of ketones is 1. The summed E-state index contributed by atoms with van der Waals surface area (Å²) in [4.78, 5) is 49.3. The summed E-state index contributed by atoms with van der Waals surface area (Å²) in [5.74, 6) is -2.34. The normalized spacial score (nSPS) is 17.0. The fourth-order valence-corrected chi connectivity index (χ4v) is 3.85. The van der Waals surface area contributed by atoms with Gasteiger partial charge in [-0.3, -0.25) is 29.4 Å². The number of nitrogens with one attached hydrogen (secondary N) is 1. The fourth-order valence-electron chi connectivity index (χ4n) is 3.85. The molecular weight excluding hydrogens is 438 g/mol. The van der Waals surface area contributed by atoms with Gasteiger partial charge in [0.1, 0.15) is 5.76 Å². The van der Waals surface area contributed by atoms with Crippen molar-refractivity contribution in [1.82, 2.24) is 0 Å². The highest BCUT2D eigenvalue weighted by molar-refractivity contribution is 6.51. The smallest absolute Gasteiger partial charge is 0.300 e. The maximum absolute atomic E-state index is 13.1. The zero-order valence-electron chi connectivity index (χ0n) is 18.0. The van der Waals surface area contributed by atoms with Crippen molar-refractivity contribution < 1.29 is 24.4 Å². The van der Waals surface area contributed by atoms with Gasteiger partial charge in [0, 0.05) is 36.0 Å². The van der Waals surface area contributed by atoms with Gasteiger partial charge in [-0.2, -0.15) is 0 Å². The van der Waals surface area contributed by atoms with Gasteiger partial charge in [-0.15, -0.1) is 0 Å². The molecule has 1 aliphatic heterocycles. The second-order valence-corrected chi connectivity index (χ2v) is 7.61. The highest BCUT2D eigenvalue weighted by atomic mass is 16.6. The van der Waals surface area contributed by atoms with Gasteiger partial charge in [0.15, 0.2) is 0 Å². The Balaban J connectivity index is 1.87. The molecule has 1 atom stereocenters. The number of nitrogens with zero attached hydrogens (tertiary/aromatic N) is 2. The lowest BCUT2D eigenvalue weighted by Crippen LogP contribution is -2.29. The highest BCUT2D eigenvalue weighted by Gasteiger charge is 2.47. The summed E-state index contributed by atoms with van der Waals surface area (Å²) in [6.45, 7) is 1.37. The van der Waals surface area contributed by atoms with Crippen LogP contribution in [0, 0.1) is 10.1 Å². The van der Waals surface area contributed by atoms with Crippen LogP contribution in [0.25, 0.3) is 5.76 Å². The minimum absolute atomic E-state index is 0.129. The minimum atomic E-state index is -1.02. The van der Waals surface area contributed by atoms with Crippen molar-refractivity contribution in [3.63, 3.8) is 0 Å². The van der Waals surface area contributed by atoms with E-state index in [1.54, 1.807) is 54.6 Å². The van der Waals surface area contributed by atoms with Gasteiger partial charge in [-0.05, 0) is 42.0 Å². The topological polar surface area (TPSA) is 130 Å². The number of rotatable bonds is 5. The third kappa shape index (κ3) is 4.14. The molecule has 1 fully saturated rings. The van der Waals surface area contributed by atoms with E-state index in [1.165, 1.54) is 36.1 Å². The molecule has 2 N–H and O–H groups in total. The number of anilines is 2. The van der Waals surface area contributed by atoms with Crippen LogP contribution in [0.15, 0.2) is 84.4 Å². The summed E-state index contributed by atoms with van der Waals surface area (Å²) in [5, 5.41) is 24.7. The third-order valence-electron chi connectivity index (χ3n) is 5.38. The highest BCUT2D eigenvalue weighted by Crippen LogP contribution is 2.42. The van der Waals surface area contributed by atoms with E-state index in [0.717, 1.165) is 0 Å². The average molecular weight is 457 g/mol. The van der Waals surface area contributed by atoms with Crippen molar-refractivity contribution in [2.45, 2.75) is 13.0 Å². The predicted octanol–water partition coefficient (Wildman–Crippen LogP) is 4.18. The molecule has 3 aromatic carbocycles. The first-order valence-electron chi connectivity index (χ1n) is 10.3. The number of non-ortho nitro benzene ring substituents is 1. The zero-order chi connectivity index (χ0) is 24.4. The van der Waals surface area contributed by atoms with Crippen molar-refractivity contribution in [3.8, 4) is 0 Å². The summed E-state index contributed by atoms with van der Waals surface area (Å²) in [7, 11) is 0. The lowest BCUT2D eigenvalue weighted by Gasteiger charge is -2.25. The van der Waals surface area contributed by atoms with E-state index in [1.807, 2.05) is 0 Å². The van der Waals surface area contributed by atoms with Crippen molar-refractivity contribution in [2.24, 2.45) is 0 Å². The van der Waals surface area contributed by atoms with Gasteiger partial charge >= 0.3 is 0 Å². The van der Waals surface area contributed by atoms with Crippen LogP contribution in [-0.2, 0) is 14.4 Å². The Bertz CT molecular complexity index is 1320. The molecule has 1 aliphatic rings. The molecule has 0 saturated carbocycles. The molecule has 0 spiro atoms. The molecule has 0 aliphatic carbocycles. The maximum atomic E-state index is 13.1. The molecule has 170 valence electrons. The summed E-state index contributed by atoms with van der Waals surface area (Å²) in [5.41, 5.74) is 1.34. The second kappa shape index (κ2) is 8.99. The first-order valence-corrected chi connectivity index (χ1v) is 10.3. The van der Waals surface area contributed by atoms with E-state index in [0.29, 0.717) is 22.5 Å². The van der Waals surface area contributed by atoms with Crippen molar-refractivity contribution >= 4 is 40.4 Å². The van der Waals surface area contributed by atoms with Gasteiger partial charge in [0.05, 0.1) is 16.5 Å². The average Bonchev–Trinajstić information content (AvgIpc) is 3.10. The lowest BCUT2D eigenvalue weighted by molar-refractivity contribution is -0.384. The van der Waals surface area contributed by atoms with Crippen molar-refractivity contribution in [2.75, 3.05) is 10.2 Å². The van der Waals surface area contributed by atoms with Crippen LogP contribution in [-0.4, -0.2) is 27.6 Å². The summed E-state index contributed by atoms with van der Waals surface area (Å²) < 4.78 is 0. The number of aliphatic hydroxyl groups is 1. The maximum Gasteiger partial charge on any atom is 0.300 e. The Morgan fingerprint density at radius 2 is 1.59 bits per heavy atom. The van der Waals surface area contributed by atoms with Gasteiger partial charge in [-0.25, -0.2) is 0 Å². The van der Waals surface area contributed by atoms with E-state index in [9.17, 15) is 29.6 Å². The molecule has 0 unspecified atom stereocenters. The Kier molecular flexibility index (Phi) is 5.92. The largest absolute Gasteiger partial charge is 0.507 e. The van der Waals surface area contributed by atoms with E-state index >= 15 is 0 Å². The Morgan fingerprint density at radius 3 is 2.15 bits per heavy atom. The number of amides is 2. The van der Waals surface area contributed by atoms with Crippen LogP contribution < -0.4 is 10.2 Å². The number of aliphatic hydroxyl groups excluding tert-OH is 1. The number of carbonyl (C=O) groups excluding carboxylic acids is 3. The fraction of sp³-hybridized carbons (Fsp3) is 0.0800. The van der Waals surface area contributed by atoms with Gasteiger partial charge in [-0.1, -0.05) is 30.3 Å². The first kappa shape index (κ1) is 22.4. The zero-order valence-corrected chi connectivity index (χ0v) is 18.0. The molecule has 0 aromatic heterocycles. The van der Waals surface area contributed by atoms with Crippen molar-refractivity contribution in [1.29, 1.82) is 0 Å². The van der Waals surface area contributed by atoms with Crippen LogP contribution in [0.5, 0.6) is 0 Å².